The zero-order chi connectivity index (χ0) is 23.1. The van der Waals surface area contributed by atoms with Crippen LogP contribution in [0.4, 0.5) is 0 Å². The van der Waals surface area contributed by atoms with Crippen molar-refractivity contribution in [2.75, 3.05) is 0 Å². The van der Waals surface area contributed by atoms with Crippen molar-refractivity contribution >= 4 is 76.0 Å². The van der Waals surface area contributed by atoms with Crippen LogP contribution in [0.3, 0.4) is 0 Å². The van der Waals surface area contributed by atoms with Gasteiger partial charge in [0.05, 0.1) is 42.3 Å². The number of rotatable bonds is 3. The van der Waals surface area contributed by atoms with Gasteiger partial charge in [0.15, 0.2) is 5.54 Å². The molecule has 5 rings (SSSR count). The quantitative estimate of drug-likeness (QED) is 0.346. The summed E-state index contributed by atoms with van der Waals surface area (Å²) in [6.45, 7) is 0. The normalized spacial score (nSPS) is 18.2. The molecular formula is C20H8Cl4N2O6. The Morgan fingerprint density at radius 2 is 1.19 bits per heavy atom. The van der Waals surface area contributed by atoms with E-state index in [9.17, 15) is 24.0 Å². The molecule has 32 heavy (non-hydrogen) atoms. The second kappa shape index (κ2) is 6.92. The van der Waals surface area contributed by atoms with Crippen LogP contribution in [0.2, 0.25) is 20.1 Å². The SMILES string of the molecule is O=C1c2c(Cl)c(Cl)c(Cl)c(Cl)c2C(=O)N1OC(=O)C1(N2C(=O)c3ccccc3C2=O)CC1. The zero-order valence-electron chi connectivity index (χ0n) is 15.6. The summed E-state index contributed by atoms with van der Waals surface area (Å²) in [6, 6.07) is 6.12. The Balaban J connectivity index is 1.47. The van der Waals surface area contributed by atoms with E-state index in [1.807, 2.05) is 0 Å². The average molecular weight is 514 g/mol. The molecule has 8 nitrogen and oxygen atoms in total. The molecule has 4 amide bonds. The van der Waals surface area contributed by atoms with E-state index in [1.165, 1.54) is 12.1 Å². The Kier molecular flexibility index (Phi) is 4.59. The van der Waals surface area contributed by atoms with E-state index in [2.05, 4.69) is 0 Å². The first kappa shape index (κ1) is 21.2. The molecule has 2 aliphatic heterocycles. The summed E-state index contributed by atoms with van der Waals surface area (Å²) >= 11 is 24.0. The Hall–Kier alpha value is -2.65. The van der Waals surface area contributed by atoms with Crippen molar-refractivity contribution in [1.82, 2.24) is 9.96 Å². The summed E-state index contributed by atoms with van der Waals surface area (Å²) in [5.74, 6) is -4.60. The maximum Gasteiger partial charge on any atom is 0.359 e. The van der Waals surface area contributed by atoms with Gasteiger partial charge in [-0.25, -0.2) is 4.79 Å². The molecule has 1 aliphatic carbocycles. The van der Waals surface area contributed by atoms with Crippen LogP contribution in [0, 0.1) is 0 Å². The minimum Gasteiger partial charge on any atom is -0.327 e. The average Bonchev–Trinajstić information content (AvgIpc) is 3.48. The smallest absolute Gasteiger partial charge is 0.327 e. The molecule has 0 saturated heterocycles. The fourth-order valence-electron chi connectivity index (χ4n) is 3.79. The van der Waals surface area contributed by atoms with Gasteiger partial charge < -0.3 is 4.84 Å². The van der Waals surface area contributed by atoms with Crippen LogP contribution in [0.5, 0.6) is 0 Å². The number of hydrogen-bond acceptors (Lipinski definition) is 6. The molecular weight excluding hydrogens is 506 g/mol. The van der Waals surface area contributed by atoms with Gasteiger partial charge in [0, 0.05) is 0 Å². The second-order valence-corrected chi connectivity index (χ2v) is 8.82. The number of amides is 4. The van der Waals surface area contributed by atoms with Gasteiger partial charge in [0.1, 0.15) is 0 Å². The Morgan fingerprint density at radius 3 is 1.59 bits per heavy atom. The second-order valence-electron chi connectivity index (χ2n) is 7.31. The highest BCUT2D eigenvalue weighted by Gasteiger charge is 2.64. The van der Waals surface area contributed by atoms with E-state index < -0.39 is 35.1 Å². The summed E-state index contributed by atoms with van der Waals surface area (Å²) in [6.07, 6.45) is 0.222. The Labute approximate surface area is 199 Å². The standard InChI is InChI=1S/C20H8Cl4N2O6/c21-11-9-10(12(22)14(24)13(11)23)18(30)26(17(9)29)32-19(31)20(5-6-20)25-15(27)7-3-1-2-4-8(7)16(25)28/h1-4H,5-6H2. The van der Waals surface area contributed by atoms with Crippen LogP contribution >= 0.6 is 46.4 Å². The number of fused-ring (bicyclic) bond motifs is 2. The number of hydrogen-bond donors (Lipinski definition) is 0. The van der Waals surface area contributed by atoms with Gasteiger partial charge in [-0.1, -0.05) is 63.6 Å². The van der Waals surface area contributed by atoms with Crippen molar-refractivity contribution in [3.63, 3.8) is 0 Å². The fraction of sp³-hybridized carbons (Fsp3) is 0.150. The van der Waals surface area contributed by atoms with Gasteiger partial charge in [0.25, 0.3) is 23.6 Å². The lowest BCUT2D eigenvalue weighted by atomic mass is 10.1. The van der Waals surface area contributed by atoms with E-state index >= 15 is 0 Å². The molecule has 2 heterocycles. The first-order valence-corrected chi connectivity index (χ1v) is 10.6. The van der Waals surface area contributed by atoms with Crippen molar-refractivity contribution in [3.05, 3.63) is 66.6 Å². The lowest BCUT2D eigenvalue weighted by molar-refractivity contribution is -0.174. The minimum absolute atomic E-state index is 0.111. The summed E-state index contributed by atoms with van der Waals surface area (Å²) in [5.41, 5.74) is -2.06. The van der Waals surface area contributed by atoms with Crippen molar-refractivity contribution in [2.45, 2.75) is 18.4 Å². The van der Waals surface area contributed by atoms with Gasteiger partial charge in [-0.2, -0.15) is 0 Å². The molecule has 0 unspecified atom stereocenters. The van der Waals surface area contributed by atoms with Gasteiger partial charge in [-0.3, -0.25) is 24.1 Å². The minimum atomic E-state index is -1.63. The number of carbonyl (C=O) groups is 5. The third kappa shape index (κ3) is 2.61. The van der Waals surface area contributed by atoms with E-state index in [1.54, 1.807) is 12.1 Å². The number of hydroxylamine groups is 2. The van der Waals surface area contributed by atoms with Crippen LogP contribution in [-0.4, -0.2) is 45.1 Å². The third-order valence-corrected chi connectivity index (χ3v) is 7.37. The molecule has 1 saturated carbocycles. The predicted octanol–water partition coefficient (Wildman–Crippen LogP) is 4.18. The van der Waals surface area contributed by atoms with Crippen LogP contribution < -0.4 is 0 Å². The van der Waals surface area contributed by atoms with Gasteiger partial charge >= 0.3 is 5.97 Å². The highest BCUT2D eigenvalue weighted by atomic mass is 35.5. The fourth-order valence-corrected chi connectivity index (χ4v) is 4.81. The number of nitrogens with zero attached hydrogens (tertiary/aromatic N) is 2. The van der Waals surface area contributed by atoms with Crippen LogP contribution in [0.1, 0.15) is 54.3 Å². The lowest BCUT2D eigenvalue weighted by Crippen LogP contribution is -2.50. The highest BCUT2D eigenvalue weighted by molar-refractivity contribution is 6.55. The van der Waals surface area contributed by atoms with Gasteiger partial charge in [-0.15, -0.1) is 0 Å². The van der Waals surface area contributed by atoms with Crippen molar-refractivity contribution in [3.8, 4) is 0 Å². The summed E-state index contributed by atoms with van der Waals surface area (Å²) < 4.78 is 0. The van der Waals surface area contributed by atoms with E-state index in [4.69, 9.17) is 51.2 Å². The van der Waals surface area contributed by atoms with Crippen LogP contribution in [0.15, 0.2) is 24.3 Å². The van der Waals surface area contributed by atoms with E-state index in [0.717, 1.165) is 4.90 Å². The Morgan fingerprint density at radius 1 is 0.750 bits per heavy atom. The molecule has 0 radical (unpaired) electrons. The van der Waals surface area contributed by atoms with E-state index in [0.29, 0.717) is 0 Å². The van der Waals surface area contributed by atoms with Gasteiger partial charge in [0.2, 0.25) is 0 Å². The first-order chi connectivity index (χ1) is 15.1. The molecule has 3 aliphatic rings. The molecule has 2 aromatic rings. The summed E-state index contributed by atoms with van der Waals surface area (Å²) in [7, 11) is 0. The third-order valence-electron chi connectivity index (χ3n) is 5.56. The Bertz CT molecular complexity index is 1240. The molecule has 0 bridgehead atoms. The molecule has 12 heteroatoms. The van der Waals surface area contributed by atoms with Crippen LogP contribution in [0.25, 0.3) is 0 Å². The van der Waals surface area contributed by atoms with Crippen LogP contribution in [-0.2, 0) is 9.63 Å². The largest absolute Gasteiger partial charge is 0.359 e. The number of imide groups is 2. The molecule has 2 aromatic carbocycles. The molecule has 0 N–H and O–H groups in total. The topological polar surface area (TPSA) is 101 Å². The summed E-state index contributed by atoms with van der Waals surface area (Å²) in [5, 5.41) is -0.952. The number of benzene rings is 2. The molecule has 0 atom stereocenters. The molecule has 0 aromatic heterocycles. The molecule has 0 spiro atoms. The molecule has 162 valence electrons. The monoisotopic (exact) mass is 512 g/mol. The maximum absolute atomic E-state index is 13.0. The number of halogens is 4. The van der Waals surface area contributed by atoms with Crippen molar-refractivity contribution in [1.29, 1.82) is 0 Å². The predicted molar refractivity (Wildman–Crippen MR) is 112 cm³/mol. The van der Waals surface area contributed by atoms with Gasteiger partial charge in [-0.05, 0) is 25.0 Å². The van der Waals surface area contributed by atoms with Crippen molar-refractivity contribution in [2.24, 2.45) is 0 Å². The van der Waals surface area contributed by atoms with Crippen molar-refractivity contribution < 1.29 is 28.8 Å². The molecule has 1 fully saturated rings. The summed E-state index contributed by atoms with van der Waals surface area (Å²) in [4.78, 5) is 70.1. The zero-order valence-corrected chi connectivity index (χ0v) is 18.6. The first-order valence-electron chi connectivity index (χ1n) is 9.07. The highest BCUT2D eigenvalue weighted by Crippen LogP contribution is 2.48. The van der Waals surface area contributed by atoms with E-state index in [-0.39, 0.29) is 60.2 Å². The number of carbonyl (C=O) groups excluding carboxylic acids is 5. The lowest BCUT2D eigenvalue weighted by Gasteiger charge is -2.25. The maximum atomic E-state index is 13.0.